The molecule has 0 atom stereocenters. The van der Waals surface area contributed by atoms with Crippen LogP contribution in [0.3, 0.4) is 0 Å². The molecule has 0 amide bonds. The van der Waals surface area contributed by atoms with Crippen LogP contribution < -0.4 is 4.90 Å². The molecule has 0 saturated heterocycles. The second-order valence-electron chi connectivity index (χ2n) is 6.95. The average Bonchev–Trinajstić information content (AvgIpc) is 3.17. The van der Waals surface area contributed by atoms with Crippen LogP contribution in [0.2, 0.25) is 0 Å². The fourth-order valence-electron chi connectivity index (χ4n) is 3.73. The van der Waals surface area contributed by atoms with Gasteiger partial charge in [-0.25, -0.2) is 4.98 Å². The minimum atomic E-state index is 0.244. The van der Waals surface area contributed by atoms with E-state index < -0.39 is 0 Å². The minimum absolute atomic E-state index is 0.244. The van der Waals surface area contributed by atoms with Gasteiger partial charge >= 0.3 is 0 Å². The summed E-state index contributed by atoms with van der Waals surface area (Å²) in [6.45, 7) is 0.746. The molecule has 134 valence electrons. The first-order valence-corrected chi connectivity index (χ1v) is 9.35. The Morgan fingerprint density at radius 1 is 0.962 bits per heavy atom. The predicted octanol–water partition coefficient (Wildman–Crippen LogP) is 5.39. The summed E-state index contributed by atoms with van der Waals surface area (Å²) < 4.78 is 5.70. The summed E-state index contributed by atoms with van der Waals surface area (Å²) >= 11 is 0. The van der Waals surface area contributed by atoms with Crippen molar-refractivity contribution in [3.63, 3.8) is 0 Å². The molecule has 1 saturated carbocycles. The molecule has 3 aromatic rings. The average molecular weight is 348 g/mol. The number of anilines is 1. The Morgan fingerprint density at radius 3 is 2.42 bits per heavy atom. The molecule has 1 heterocycles. The second kappa shape index (κ2) is 7.65. The number of oxazole rings is 1. The first kappa shape index (κ1) is 16.7. The quantitative estimate of drug-likeness (QED) is 0.672. The minimum Gasteiger partial charge on any atom is -0.508 e. The van der Waals surface area contributed by atoms with Crippen molar-refractivity contribution < 1.29 is 9.52 Å². The van der Waals surface area contributed by atoms with Crippen LogP contribution in [0.5, 0.6) is 5.75 Å². The summed E-state index contributed by atoms with van der Waals surface area (Å²) in [5.74, 6) is 0.838. The van der Waals surface area contributed by atoms with Crippen molar-refractivity contribution in [1.82, 2.24) is 4.98 Å². The highest BCUT2D eigenvalue weighted by Crippen LogP contribution is 2.29. The van der Waals surface area contributed by atoms with Gasteiger partial charge in [0.25, 0.3) is 0 Å². The lowest BCUT2D eigenvalue weighted by molar-refractivity contribution is 0.412. The molecule has 0 aliphatic heterocycles. The van der Waals surface area contributed by atoms with E-state index in [0.717, 1.165) is 17.8 Å². The van der Waals surface area contributed by atoms with E-state index in [1.54, 1.807) is 18.4 Å². The topological polar surface area (TPSA) is 49.5 Å². The lowest BCUT2D eigenvalue weighted by Crippen LogP contribution is -2.36. The van der Waals surface area contributed by atoms with Crippen LogP contribution in [0.25, 0.3) is 11.5 Å². The molecule has 0 unspecified atom stereocenters. The van der Waals surface area contributed by atoms with E-state index in [1.807, 2.05) is 12.1 Å². The third-order valence-electron chi connectivity index (χ3n) is 5.10. The Balaban J connectivity index is 1.56. The van der Waals surface area contributed by atoms with E-state index in [4.69, 9.17) is 4.42 Å². The zero-order chi connectivity index (χ0) is 17.8. The second-order valence-corrected chi connectivity index (χ2v) is 6.95. The van der Waals surface area contributed by atoms with Crippen LogP contribution >= 0.6 is 0 Å². The van der Waals surface area contributed by atoms with E-state index in [9.17, 15) is 5.11 Å². The predicted molar refractivity (Wildman–Crippen MR) is 103 cm³/mol. The Hall–Kier alpha value is -2.75. The van der Waals surface area contributed by atoms with E-state index >= 15 is 0 Å². The maximum atomic E-state index is 9.44. The molecule has 4 rings (SSSR count). The number of phenols is 1. The molecule has 26 heavy (non-hydrogen) atoms. The molecular formula is C22H24N2O2. The standard InChI is InChI=1S/C22H24N2O2/c25-21-13-11-17(12-14-21)22-23-18(16-26-22)15-24(19-7-3-1-4-8-19)20-9-5-2-6-10-20/h1,3-4,7-8,11-14,16,20,25H,2,5-6,9-10,15H2. The van der Waals surface area contributed by atoms with Gasteiger partial charge in [0, 0.05) is 17.3 Å². The van der Waals surface area contributed by atoms with Gasteiger partial charge in [0.1, 0.15) is 12.0 Å². The Labute approximate surface area is 154 Å². The van der Waals surface area contributed by atoms with Gasteiger partial charge in [0.05, 0.1) is 12.2 Å². The van der Waals surface area contributed by atoms with E-state index in [1.165, 1.54) is 37.8 Å². The molecule has 4 heteroatoms. The van der Waals surface area contributed by atoms with Crippen LogP contribution in [0.4, 0.5) is 5.69 Å². The number of aromatic hydroxyl groups is 1. The first-order valence-electron chi connectivity index (χ1n) is 9.35. The van der Waals surface area contributed by atoms with Gasteiger partial charge in [0.2, 0.25) is 5.89 Å². The van der Waals surface area contributed by atoms with Gasteiger partial charge < -0.3 is 14.4 Å². The monoisotopic (exact) mass is 348 g/mol. The maximum absolute atomic E-state index is 9.44. The summed E-state index contributed by atoms with van der Waals surface area (Å²) in [6, 6.07) is 18.1. The number of hydrogen-bond donors (Lipinski definition) is 1. The largest absolute Gasteiger partial charge is 0.508 e. The lowest BCUT2D eigenvalue weighted by atomic mass is 9.93. The van der Waals surface area contributed by atoms with Crippen molar-refractivity contribution in [1.29, 1.82) is 0 Å². The Morgan fingerprint density at radius 2 is 1.69 bits per heavy atom. The van der Waals surface area contributed by atoms with Crippen LogP contribution in [-0.2, 0) is 6.54 Å². The van der Waals surface area contributed by atoms with Gasteiger partial charge in [-0.2, -0.15) is 0 Å². The highest BCUT2D eigenvalue weighted by Gasteiger charge is 2.22. The number of rotatable bonds is 5. The zero-order valence-electron chi connectivity index (χ0n) is 14.8. The van der Waals surface area contributed by atoms with Gasteiger partial charge in [-0.3, -0.25) is 0 Å². The number of para-hydroxylation sites is 1. The molecule has 1 N–H and O–H groups in total. The van der Waals surface area contributed by atoms with E-state index in [-0.39, 0.29) is 5.75 Å². The Kier molecular flexibility index (Phi) is 4.91. The van der Waals surface area contributed by atoms with E-state index in [0.29, 0.717) is 11.9 Å². The number of benzene rings is 2. The molecule has 2 aromatic carbocycles. The van der Waals surface area contributed by atoms with Crippen LogP contribution in [0.15, 0.2) is 65.3 Å². The first-order chi connectivity index (χ1) is 12.8. The molecule has 1 aromatic heterocycles. The summed E-state index contributed by atoms with van der Waals surface area (Å²) in [6.07, 6.45) is 8.15. The van der Waals surface area contributed by atoms with Gasteiger partial charge in [0.15, 0.2) is 0 Å². The summed E-state index contributed by atoms with van der Waals surface area (Å²) in [5.41, 5.74) is 3.05. The Bertz CT molecular complexity index is 821. The van der Waals surface area contributed by atoms with Gasteiger partial charge in [-0.15, -0.1) is 0 Å². The lowest BCUT2D eigenvalue weighted by Gasteiger charge is -2.35. The van der Waals surface area contributed by atoms with Gasteiger partial charge in [-0.05, 0) is 49.2 Å². The third-order valence-corrected chi connectivity index (χ3v) is 5.10. The van der Waals surface area contributed by atoms with Crippen molar-refractivity contribution in [3.05, 3.63) is 66.6 Å². The molecule has 1 aliphatic rings. The van der Waals surface area contributed by atoms with Crippen LogP contribution in [0, 0.1) is 0 Å². The fourth-order valence-corrected chi connectivity index (χ4v) is 3.73. The smallest absolute Gasteiger partial charge is 0.226 e. The van der Waals surface area contributed by atoms with E-state index in [2.05, 4.69) is 40.2 Å². The van der Waals surface area contributed by atoms with Crippen molar-refractivity contribution in [2.45, 2.75) is 44.7 Å². The molecule has 1 fully saturated rings. The number of aromatic nitrogens is 1. The molecule has 4 nitrogen and oxygen atoms in total. The highest BCUT2D eigenvalue weighted by molar-refractivity contribution is 5.55. The molecule has 0 bridgehead atoms. The van der Waals surface area contributed by atoms with Crippen molar-refractivity contribution in [2.75, 3.05) is 4.90 Å². The summed E-state index contributed by atoms with van der Waals surface area (Å²) in [7, 11) is 0. The number of hydrogen-bond acceptors (Lipinski definition) is 4. The summed E-state index contributed by atoms with van der Waals surface area (Å²) in [4.78, 5) is 7.15. The van der Waals surface area contributed by atoms with Crippen LogP contribution in [-0.4, -0.2) is 16.1 Å². The molecule has 0 spiro atoms. The number of nitrogens with zero attached hydrogens (tertiary/aromatic N) is 2. The SMILES string of the molecule is Oc1ccc(-c2nc(CN(c3ccccc3)C3CCCCC3)co2)cc1. The summed E-state index contributed by atoms with van der Waals surface area (Å²) in [5, 5.41) is 9.44. The van der Waals surface area contributed by atoms with Crippen molar-refractivity contribution >= 4 is 5.69 Å². The number of phenolic OH excluding ortho intramolecular Hbond substituents is 1. The van der Waals surface area contributed by atoms with Crippen molar-refractivity contribution in [3.8, 4) is 17.2 Å². The highest BCUT2D eigenvalue weighted by atomic mass is 16.3. The third kappa shape index (κ3) is 3.74. The van der Waals surface area contributed by atoms with Crippen LogP contribution in [0.1, 0.15) is 37.8 Å². The fraction of sp³-hybridized carbons (Fsp3) is 0.318. The molecular weight excluding hydrogens is 324 g/mol. The normalized spacial score (nSPS) is 15.1. The molecule has 0 radical (unpaired) electrons. The maximum Gasteiger partial charge on any atom is 0.226 e. The molecule has 1 aliphatic carbocycles. The zero-order valence-corrected chi connectivity index (χ0v) is 14.8. The van der Waals surface area contributed by atoms with Crippen molar-refractivity contribution in [2.24, 2.45) is 0 Å². The van der Waals surface area contributed by atoms with Gasteiger partial charge in [-0.1, -0.05) is 37.5 Å².